The highest BCUT2D eigenvalue weighted by Gasteiger charge is 2.17. The zero-order valence-corrected chi connectivity index (χ0v) is 7.39. The van der Waals surface area contributed by atoms with E-state index in [1.807, 2.05) is 20.9 Å². The van der Waals surface area contributed by atoms with Crippen molar-refractivity contribution in [2.24, 2.45) is 5.92 Å². The molecule has 0 aliphatic carbocycles. The first-order valence-corrected chi connectivity index (χ1v) is 3.98. The molecular weight excluding hydrogens is 126 g/mol. The molecule has 62 valence electrons. The second-order valence-electron chi connectivity index (χ2n) is 3.04. The summed E-state index contributed by atoms with van der Waals surface area (Å²) in [5.41, 5.74) is 0. The standard InChI is InChI=1S/C8H19NO/c1-5-7(9-4)8(10)6(2)3/h6-10H,5H2,1-4H3. The van der Waals surface area contributed by atoms with E-state index < -0.39 is 0 Å². The van der Waals surface area contributed by atoms with Crippen molar-refractivity contribution in [3.8, 4) is 0 Å². The van der Waals surface area contributed by atoms with E-state index in [2.05, 4.69) is 12.2 Å². The minimum Gasteiger partial charge on any atom is -0.391 e. The average molecular weight is 145 g/mol. The van der Waals surface area contributed by atoms with Crippen LogP contribution in [0, 0.1) is 5.92 Å². The SMILES string of the molecule is CCC(NC)C(O)C(C)C. The van der Waals surface area contributed by atoms with E-state index in [1.165, 1.54) is 0 Å². The van der Waals surface area contributed by atoms with Gasteiger partial charge in [0.05, 0.1) is 6.10 Å². The van der Waals surface area contributed by atoms with Gasteiger partial charge in [0.15, 0.2) is 0 Å². The molecule has 2 atom stereocenters. The predicted molar refractivity (Wildman–Crippen MR) is 44.0 cm³/mol. The monoisotopic (exact) mass is 145 g/mol. The summed E-state index contributed by atoms with van der Waals surface area (Å²) < 4.78 is 0. The largest absolute Gasteiger partial charge is 0.391 e. The predicted octanol–water partition coefficient (Wildman–Crippen LogP) is 1.00. The molecule has 0 radical (unpaired) electrons. The van der Waals surface area contributed by atoms with Crippen molar-refractivity contribution in [1.29, 1.82) is 0 Å². The number of nitrogens with one attached hydrogen (secondary N) is 1. The minimum atomic E-state index is -0.213. The Morgan fingerprint density at radius 2 is 1.90 bits per heavy atom. The van der Waals surface area contributed by atoms with Gasteiger partial charge in [0, 0.05) is 6.04 Å². The van der Waals surface area contributed by atoms with E-state index in [1.54, 1.807) is 0 Å². The molecule has 0 heterocycles. The van der Waals surface area contributed by atoms with Gasteiger partial charge in [0.2, 0.25) is 0 Å². The Hall–Kier alpha value is -0.0800. The van der Waals surface area contributed by atoms with Gasteiger partial charge in [0.1, 0.15) is 0 Å². The Labute approximate surface area is 63.6 Å². The number of rotatable bonds is 4. The minimum absolute atomic E-state index is 0.213. The second kappa shape index (κ2) is 4.69. The van der Waals surface area contributed by atoms with Gasteiger partial charge in [-0.25, -0.2) is 0 Å². The highest BCUT2D eigenvalue weighted by molar-refractivity contribution is 4.74. The molecule has 0 amide bonds. The number of hydrogen-bond donors (Lipinski definition) is 2. The molecule has 0 fully saturated rings. The van der Waals surface area contributed by atoms with E-state index in [9.17, 15) is 5.11 Å². The molecule has 2 nitrogen and oxygen atoms in total. The normalized spacial score (nSPS) is 17.4. The van der Waals surface area contributed by atoms with Crippen LogP contribution < -0.4 is 5.32 Å². The lowest BCUT2D eigenvalue weighted by Crippen LogP contribution is -2.40. The van der Waals surface area contributed by atoms with Crippen molar-refractivity contribution < 1.29 is 5.11 Å². The Morgan fingerprint density at radius 1 is 1.40 bits per heavy atom. The van der Waals surface area contributed by atoms with E-state index in [0.29, 0.717) is 5.92 Å². The maximum atomic E-state index is 9.52. The topological polar surface area (TPSA) is 32.3 Å². The third kappa shape index (κ3) is 2.67. The molecule has 0 saturated carbocycles. The fourth-order valence-electron chi connectivity index (χ4n) is 1.08. The van der Waals surface area contributed by atoms with Crippen LogP contribution in [0.2, 0.25) is 0 Å². The molecule has 10 heavy (non-hydrogen) atoms. The molecule has 0 aliphatic heterocycles. The molecule has 0 bridgehead atoms. The molecule has 2 heteroatoms. The van der Waals surface area contributed by atoms with Crippen LogP contribution in [0.15, 0.2) is 0 Å². The number of aliphatic hydroxyl groups is 1. The van der Waals surface area contributed by atoms with Crippen LogP contribution in [0.25, 0.3) is 0 Å². The molecule has 0 aromatic rings. The summed E-state index contributed by atoms with van der Waals surface area (Å²) in [4.78, 5) is 0. The Kier molecular flexibility index (Phi) is 4.65. The van der Waals surface area contributed by atoms with Gasteiger partial charge in [-0.05, 0) is 19.4 Å². The zero-order chi connectivity index (χ0) is 8.15. The van der Waals surface area contributed by atoms with Gasteiger partial charge >= 0.3 is 0 Å². The Bertz CT molecular complexity index is 79.3. The third-order valence-corrected chi connectivity index (χ3v) is 1.91. The van der Waals surface area contributed by atoms with E-state index in [-0.39, 0.29) is 12.1 Å². The van der Waals surface area contributed by atoms with E-state index >= 15 is 0 Å². The highest BCUT2D eigenvalue weighted by atomic mass is 16.3. The summed E-state index contributed by atoms with van der Waals surface area (Å²) in [6, 6.07) is 0.250. The van der Waals surface area contributed by atoms with Crippen LogP contribution >= 0.6 is 0 Å². The lowest BCUT2D eigenvalue weighted by atomic mass is 9.98. The molecule has 0 spiro atoms. The molecule has 2 unspecified atom stereocenters. The highest BCUT2D eigenvalue weighted by Crippen LogP contribution is 2.07. The van der Waals surface area contributed by atoms with Crippen molar-refractivity contribution in [2.75, 3.05) is 7.05 Å². The Balaban J connectivity index is 3.76. The average Bonchev–Trinajstić information content (AvgIpc) is 1.90. The first kappa shape index (κ1) is 9.92. The smallest absolute Gasteiger partial charge is 0.0715 e. The maximum absolute atomic E-state index is 9.52. The molecule has 0 aliphatic rings. The number of likely N-dealkylation sites (N-methyl/N-ethyl adjacent to an activating group) is 1. The van der Waals surface area contributed by atoms with Crippen LogP contribution in [0.4, 0.5) is 0 Å². The molecule has 2 N–H and O–H groups in total. The fourth-order valence-corrected chi connectivity index (χ4v) is 1.08. The van der Waals surface area contributed by atoms with Crippen LogP contribution in [-0.2, 0) is 0 Å². The van der Waals surface area contributed by atoms with E-state index in [4.69, 9.17) is 0 Å². The summed E-state index contributed by atoms with van der Waals surface area (Å²) in [6.07, 6.45) is 0.769. The van der Waals surface area contributed by atoms with Crippen LogP contribution in [0.5, 0.6) is 0 Å². The summed E-state index contributed by atoms with van der Waals surface area (Å²) in [7, 11) is 1.89. The van der Waals surface area contributed by atoms with E-state index in [0.717, 1.165) is 6.42 Å². The van der Waals surface area contributed by atoms with Crippen LogP contribution in [0.1, 0.15) is 27.2 Å². The van der Waals surface area contributed by atoms with Crippen molar-refractivity contribution in [2.45, 2.75) is 39.3 Å². The summed E-state index contributed by atoms with van der Waals surface area (Å²) >= 11 is 0. The van der Waals surface area contributed by atoms with Gasteiger partial charge in [0.25, 0.3) is 0 Å². The van der Waals surface area contributed by atoms with Crippen LogP contribution in [0.3, 0.4) is 0 Å². The molecule has 0 rings (SSSR count). The summed E-state index contributed by atoms with van der Waals surface area (Å²) in [5.74, 6) is 0.345. The number of hydrogen-bond acceptors (Lipinski definition) is 2. The molecule has 0 aromatic heterocycles. The molecule has 0 aromatic carbocycles. The van der Waals surface area contributed by atoms with Crippen LogP contribution in [-0.4, -0.2) is 24.3 Å². The molecule has 0 saturated heterocycles. The first-order chi connectivity index (χ1) is 4.63. The zero-order valence-electron chi connectivity index (χ0n) is 7.39. The van der Waals surface area contributed by atoms with Gasteiger partial charge in [-0.15, -0.1) is 0 Å². The maximum Gasteiger partial charge on any atom is 0.0715 e. The lowest BCUT2D eigenvalue weighted by molar-refractivity contribution is 0.0847. The lowest BCUT2D eigenvalue weighted by Gasteiger charge is -2.23. The number of aliphatic hydroxyl groups excluding tert-OH is 1. The quantitative estimate of drug-likeness (QED) is 0.618. The summed E-state index contributed by atoms with van der Waals surface area (Å²) in [5, 5.41) is 12.6. The summed E-state index contributed by atoms with van der Waals surface area (Å²) in [6.45, 7) is 6.14. The van der Waals surface area contributed by atoms with Crippen molar-refractivity contribution >= 4 is 0 Å². The second-order valence-corrected chi connectivity index (χ2v) is 3.04. The first-order valence-electron chi connectivity index (χ1n) is 3.98. The van der Waals surface area contributed by atoms with Gasteiger partial charge in [-0.3, -0.25) is 0 Å². The van der Waals surface area contributed by atoms with Gasteiger partial charge < -0.3 is 10.4 Å². The third-order valence-electron chi connectivity index (χ3n) is 1.91. The van der Waals surface area contributed by atoms with Gasteiger partial charge in [-0.1, -0.05) is 20.8 Å². The fraction of sp³-hybridized carbons (Fsp3) is 1.00. The van der Waals surface area contributed by atoms with Crippen molar-refractivity contribution in [1.82, 2.24) is 5.32 Å². The van der Waals surface area contributed by atoms with Crippen molar-refractivity contribution in [3.63, 3.8) is 0 Å². The Morgan fingerprint density at radius 3 is 2.00 bits per heavy atom. The molecular formula is C8H19NO. The van der Waals surface area contributed by atoms with Crippen molar-refractivity contribution in [3.05, 3.63) is 0 Å². The van der Waals surface area contributed by atoms with Gasteiger partial charge in [-0.2, -0.15) is 0 Å².